The molecule has 0 bridgehead atoms. The van der Waals surface area contributed by atoms with Crippen molar-refractivity contribution < 1.29 is 4.79 Å². The van der Waals surface area contributed by atoms with Crippen LogP contribution in [0.1, 0.15) is 39.4 Å². The van der Waals surface area contributed by atoms with Crippen molar-refractivity contribution in [1.29, 1.82) is 0 Å². The molecule has 1 unspecified atom stereocenters. The van der Waals surface area contributed by atoms with Gasteiger partial charge in [0.05, 0.1) is 6.42 Å². The fourth-order valence-electron chi connectivity index (χ4n) is 2.30. The van der Waals surface area contributed by atoms with Crippen molar-refractivity contribution in [3.63, 3.8) is 0 Å². The molecular weight excluding hydrogens is 226 g/mol. The number of aryl methyl sites for hydroxylation is 1. The number of carbonyl (C=O) groups is 1. The average Bonchev–Trinajstić information content (AvgIpc) is 2.74. The molecule has 0 aromatic carbocycles. The van der Waals surface area contributed by atoms with Crippen LogP contribution in [0.2, 0.25) is 0 Å². The Morgan fingerprint density at radius 2 is 2.22 bits per heavy atom. The topological polar surface area (TPSA) is 60.9 Å². The van der Waals surface area contributed by atoms with E-state index in [1.54, 1.807) is 6.20 Å². The lowest BCUT2D eigenvalue weighted by atomic mass is 9.92. The molecule has 4 heteroatoms. The second-order valence-electron chi connectivity index (χ2n) is 5.28. The molecule has 18 heavy (non-hydrogen) atoms. The number of Topliss-reactive ketones (excluding diaryl/α,β-unsaturated/α-hetero) is 1. The first kappa shape index (κ1) is 14.9. The van der Waals surface area contributed by atoms with Crippen molar-refractivity contribution in [2.75, 3.05) is 6.54 Å². The molecule has 0 fully saturated rings. The fourth-order valence-corrected chi connectivity index (χ4v) is 2.30. The van der Waals surface area contributed by atoms with Crippen LogP contribution in [0.15, 0.2) is 12.4 Å². The number of ketones is 1. The Bertz CT molecular complexity index is 371. The summed E-state index contributed by atoms with van der Waals surface area (Å²) in [7, 11) is 0. The van der Waals surface area contributed by atoms with Gasteiger partial charge in [0.25, 0.3) is 0 Å². The average molecular weight is 251 g/mol. The van der Waals surface area contributed by atoms with Crippen LogP contribution < -0.4 is 5.73 Å². The van der Waals surface area contributed by atoms with E-state index in [-0.39, 0.29) is 5.78 Å². The highest BCUT2D eigenvalue weighted by molar-refractivity contribution is 5.80. The molecule has 2 N–H and O–H groups in total. The van der Waals surface area contributed by atoms with Crippen LogP contribution in [0, 0.1) is 11.8 Å². The van der Waals surface area contributed by atoms with Crippen LogP contribution in [-0.2, 0) is 17.8 Å². The number of aromatic nitrogens is 2. The second kappa shape index (κ2) is 7.31. The van der Waals surface area contributed by atoms with E-state index in [0.717, 1.165) is 18.8 Å². The number of carbonyl (C=O) groups excluding carboxylic acids is 1. The van der Waals surface area contributed by atoms with Crippen LogP contribution in [0.25, 0.3) is 0 Å². The van der Waals surface area contributed by atoms with Gasteiger partial charge >= 0.3 is 0 Å². The van der Waals surface area contributed by atoms with Gasteiger partial charge in [0.15, 0.2) is 0 Å². The lowest BCUT2D eigenvalue weighted by Crippen LogP contribution is -2.21. The quantitative estimate of drug-likeness (QED) is 0.769. The molecule has 1 heterocycles. The second-order valence-corrected chi connectivity index (χ2v) is 5.28. The summed E-state index contributed by atoms with van der Waals surface area (Å²) in [6.45, 7) is 7.83. The molecule has 0 aliphatic rings. The van der Waals surface area contributed by atoms with Gasteiger partial charge < -0.3 is 10.3 Å². The van der Waals surface area contributed by atoms with Crippen LogP contribution in [0.3, 0.4) is 0 Å². The van der Waals surface area contributed by atoms with Crippen molar-refractivity contribution >= 4 is 5.78 Å². The Kier molecular flexibility index (Phi) is 6.05. The first-order chi connectivity index (χ1) is 8.56. The van der Waals surface area contributed by atoms with Gasteiger partial charge in [0, 0.05) is 25.4 Å². The number of imidazole rings is 1. The maximum atomic E-state index is 12.0. The number of hydrogen-bond acceptors (Lipinski definition) is 3. The van der Waals surface area contributed by atoms with Crippen LogP contribution in [0.4, 0.5) is 0 Å². The van der Waals surface area contributed by atoms with Gasteiger partial charge in [-0.2, -0.15) is 0 Å². The van der Waals surface area contributed by atoms with Crippen molar-refractivity contribution in [3.8, 4) is 0 Å². The SMILES string of the molecule is CCn1ccnc1CC(=O)CC(CN)CC(C)C. The van der Waals surface area contributed by atoms with E-state index in [9.17, 15) is 4.79 Å². The molecule has 102 valence electrons. The molecular formula is C14H25N3O. The summed E-state index contributed by atoms with van der Waals surface area (Å²) < 4.78 is 2.01. The Morgan fingerprint density at radius 3 is 2.78 bits per heavy atom. The molecule has 0 saturated carbocycles. The van der Waals surface area contributed by atoms with Gasteiger partial charge in [0.2, 0.25) is 0 Å². The summed E-state index contributed by atoms with van der Waals surface area (Å²) >= 11 is 0. The van der Waals surface area contributed by atoms with Crippen LogP contribution in [-0.4, -0.2) is 21.9 Å². The zero-order valence-corrected chi connectivity index (χ0v) is 11.7. The lowest BCUT2D eigenvalue weighted by Gasteiger charge is -2.16. The standard InChI is InChI=1S/C14H25N3O/c1-4-17-6-5-16-14(17)9-13(18)8-12(10-15)7-11(2)3/h5-6,11-12H,4,7-10,15H2,1-3H3. The monoisotopic (exact) mass is 251 g/mol. The summed E-state index contributed by atoms with van der Waals surface area (Å²) in [6.07, 6.45) is 5.68. The molecule has 0 amide bonds. The van der Waals surface area contributed by atoms with Crippen molar-refractivity contribution in [1.82, 2.24) is 9.55 Å². The number of nitrogens with zero attached hydrogens (tertiary/aromatic N) is 2. The van der Waals surface area contributed by atoms with E-state index in [1.165, 1.54) is 0 Å². The number of rotatable bonds is 8. The first-order valence-electron chi connectivity index (χ1n) is 6.78. The smallest absolute Gasteiger partial charge is 0.140 e. The molecule has 0 saturated heterocycles. The summed E-state index contributed by atoms with van der Waals surface area (Å²) in [5.74, 6) is 2.00. The zero-order valence-electron chi connectivity index (χ0n) is 11.7. The lowest BCUT2D eigenvalue weighted by molar-refractivity contribution is -0.119. The number of nitrogens with two attached hydrogens (primary N) is 1. The Morgan fingerprint density at radius 1 is 1.50 bits per heavy atom. The third-order valence-corrected chi connectivity index (χ3v) is 3.15. The van der Waals surface area contributed by atoms with Crippen molar-refractivity contribution in [3.05, 3.63) is 18.2 Å². The highest BCUT2D eigenvalue weighted by Gasteiger charge is 2.16. The summed E-state index contributed by atoms with van der Waals surface area (Å²) in [5.41, 5.74) is 5.73. The van der Waals surface area contributed by atoms with Crippen LogP contribution >= 0.6 is 0 Å². The summed E-state index contributed by atoms with van der Waals surface area (Å²) in [4.78, 5) is 16.3. The summed E-state index contributed by atoms with van der Waals surface area (Å²) in [6, 6.07) is 0. The fraction of sp³-hybridized carbons (Fsp3) is 0.714. The normalized spacial score (nSPS) is 12.9. The van der Waals surface area contributed by atoms with Gasteiger partial charge in [-0.3, -0.25) is 4.79 Å². The molecule has 0 radical (unpaired) electrons. The Hall–Kier alpha value is -1.16. The predicted molar refractivity (Wildman–Crippen MR) is 73.2 cm³/mol. The Balaban J connectivity index is 2.50. The molecule has 0 aliphatic carbocycles. The van der Waals surface area contributed by atoms with Crippen molar-refractivity contribution in [2.45, 2.75) is 46.6 Å². The zero-order chi connectivity index (χ0) is 13.5. The third-order valence-electron chi connectivity index (χ3n) is 3.15. The van der Waals surface area contributed by atoms with Gasteiger partial charge in [-0.25, -0.2) is 4.98 Å². The molecule has 4 nitrogen and oxygen atoms in total. The minimum atomic E-state index is 0.243. The first-order valence-corrected chi connectivity index (χ1v) is 6.78. The molecule has 1 aromatic rings. The number of hydrogen-bond donors (Lipinski definition) is 1. The molecule has 1 atom stereocenters. The van der Waals surface area contributed by atoms with E-state index in [4.69, 9.17) is 5.73 Å². The maximum absolute atomic E-state index is 12.0. The minimum Gasteiger partial charge on any atom is -0.335 e. The molecule has 0 spiro atoms. The highest BCUT2D eigenvalue weighted by Crippen LogP contribution is 2.15. The van der Waals surface area contributed by atoms with Gasteiger partial charge in [-0.15, -0.1) is 0 Å². The van der Waals surface area contributed by atoms with Gasteiger partial charge in [-0.05, 0) is 31.7 Å². The largest absolute Gasteiger partial charge is 0.335 e. The molecule has 1 aromatic heterocycles. The van der Waals surface area contributed by atoms with E-state index in [1.807, 2.05) is 10.8 Å². The molecule has 1 rings (SSSR count). The Labute approximate surface area is 110 Å². The van der Waals surface area contributed by atoms with Gasteiger partial charge in [-0.1, -0.05) is 13.8 Å². The van der Waals surface area contributed by atoms with Crippen LogP contribution in [0.5, 0.6) is 0 Å². The third kappa shape index (κ3) is 4.61. The summed E-state index contributed by atoms with van der Waals surface area (Å²) in [5, 5.41) is 0. The molecule has 0 aliphatic heterocycles. The highest BCUT2D eigenvalue weighted by atomic mass is 16.1. The van der Waals surface area contributed by atoms with E-state index < -0.39 is 0 Å². The predicted octanol–water partition coefficient (Wildman–Crippen LogP) is 2.03. The van der Waals surface area contributed by atoms with E-state index >= 15 is 0 Å². The van der Waals surface area contributed by atoms with Crippen molar-refractivity contribution in [2.24, 2.45) is 17.6 Å². The minimum absolute atomic E-state index is 0.243. The maximum Gasteiger partial charge on any atom is 0.140 e. The van der Waals surface area contributed by atoms with Gasteiger partial charge in [0.1, 0.15) is 11.6 Å². The van der Waals surface area contributed by atoms with E-state index in [2.05, 4.69) is 25.8 Å². The van der Waals surface area contributed by atoms with E-state index in [0.29, 0.717) is 31.2 Å².